The molecule has 1 aromatic rings. The molecule has 0 N–H and O–H groups in total. The summed E-state index contributed by atoms with van der Waals surface area (Å²) in [5.41, 5.74) is 0.448. The molecular weight excluding hydrogens is 216 g/mol. The first kappa shape index (κ1) is 10.2. The van der Waals surface area contributed by atoms with Crippen LogP contribution in [-0.4, -0.2) is 24.3 Å². The van der Waals surface area contributed by atoms with Gasteiger partial charge in [-0.2, -0.15) is 5.26 Å². The molecule has 4 nitrogen and oxygen atoms in total. The van der Waals surface area contributed by atoms with Gasteiger partial charge in [0, 0.05) is 12.5 Å². The lowest BCUT2D eigenvalue weighted by atomic mass is 10.3. The second-order valence-electron chi connectivity index (χ2n) is 3.23. The van der Waals surface area contributed by atoms with Gasteiger partial charge in [0.2, 0.25) is 5.88 Å². The fourth-order valence-electron chi connectivity index (χ4n) is 1.37. The van der Waals surface area contributed by atoms with E-state index in [2.05, 4.69) is 4.98 Å². The molecule has 2 rings (SSSR count). The average Bonchev–Trinajstić information content (AvgIpc) is 2.69. The molecule has 2 heterocycles. The zero-order chi connectivity index (χ0) is 10.7. The summed E-state index contributed by atoms with van der Waals surface area (Å²) >= 11 is 5.74. The maximum Gasteiger partial charge on any atom is 0.216 e. The highest BCUT2D eigenvalue weighted by Gasteiger charge is 2.18. The van der Waals surface area contributed by atoms with Crippen molar-refractivity contribution >= 4 is 11.6 Å². The van der Waals surface area contributed by atoms with Gasteiger partial charge >= 0.3 is 0 Å². The molecule has 1 atom stereocenters. The number of halogens is 1. The van der Waals surface area contributed by atoms with Gasteiger partial charge in [0.15, 0.2) is 0 Å². The van der Waals surface area contributed by atoms with Crippen molar-refractivity contribution in [2.45, 2.75) is 12.5 Å². The van der Waals surface area contributed by atoms with Crippen molar-refractivity contribution in [2.75, 3.05) is 13.2 Å². The minimum Gasteiger partial charge on any atom is -0.472 e. The van der Waals surface area contributed by atoms with E-state index in [9.17, 15) is 0 Å². The van der Waals surface area contributed by atoms with E-state index in [0.717, 1.165) is 6.42 Å². The number of nitriles is 1. The normalized spacial score (nSPS) is 19.9. The van der Waals surface area contributed by atoms with Crippen LogP contribution in [0.25, 0.3) is 0 Å². The van der Waals surface area contributed by atoms with Crippen molar-refractivity contribution in [3.8, 4) is 11.9 Å². The lowest BCUT2D eigenvalue weighted by Gasteiger charge is -2.10. The van der Waals surface area contributed by atoms with Crippen LogP contribution in [0.15, 0.2) is 12.1 Å². The Hall–Kier alpha value is -1.31. The molecule has 1 saturated heterocycles. The minimum atomic E-state index is 0.0162. The highest BCUT2D eigenvalue weighted by Crippen LogP contribution is 2.19. The van der Waals surface area contributed by atoms with E-state index in [1.807, 2.05) is 6.07 Å². The molecule has 1 unspecified atom stereocenters. The zero-order valence-corrected chi connectivity index (χ0v) is 8.70. The van der Waals surface area contributed by atoms with Gasteiger partial charge in [-0.3, -0.25) is 0 Å². The van der Waals surface area contributed by atoms with Gasteiger partial charge in [-0.25, -0.2) is 4.98 Å². The summed E-state index contributed by atoms with van der Waals surface area (Å²) in [4.78, 5) is 3.98. The Morgan fingerprint density at radius 2 is 2.47 bits per heavy atom. The number of aromatic nitrogens is 1. The van der Waals surface area contributed by atoms with Crippen molar-refractivity contribution in [2.24, 2.45) is 0 Å². The number of pyridine rings is 1. The summed E-state index contributed by atoms with van der Waals surface area (Å²) in [7, 11) is 0. The quantitative estimate of drug-likeness (QED) is 0.719. The predicted octanol–water partition coefficient (Wildman–Crippen LogP) is 1.77. The number of hydrogen-bond donors (Lipinski definition) is 0. The molecule has 0 amide bonds. The van der Waals surface area contributed by atoms with E-state index < -0.39 is 0 Å². The van der Waals surface area contributed by atoms with Crippen LogP contribution in [0.1, 0.15) is 12.0 Å². The zero-order valence-electron chi connectivity index (χ0n) is 7.94. The third-order valence-electron chi connectivity index (χ3n) is 2.08. The second-order valence-corrected chi connectivity index (χ2v) is 3.62. The van der Waals surface area contributed by atoms with Crippen LogP contribution in [0.2, 0.25) is 5.15 Å². The van der Waals surface area contributed by atoms with Crippen molar-refractivity contribution in [1.29, 1.82) is 5.26 Å². The van der Waals surface area contributed by atoms with Crippen LogP contribution in [0.5, 0.6) is 5.88 Å². The van der Waals surface area contributed by atoms with Gasteiger partial charge in [-0.15, -0.1) is 0 Å². The summed E-state index contributed by atoms with van der Waals surface area (Å²) in [5.74, 6) is 0.384. The van der Waals surface area contributed by atoms with Crippen molar-refractivity contribution in [1.82, 2.24) is 4.98 Å². The van der Waals surface area contributed by atoms with Crippen LogP contribution in [0.4, 0.5) is 0 Å². The molecule has 0 spiro atoms. The Kier molecular flexibility index (Phi) is 3.05. The monoisotopic (exact) mass is 224 g/mol. The highest BCUT2D eigenvalue weighted by molar-refractivity contribution is 6.29. The fourth-order valence-corrected chi connectivity index (χ4v) is 1.58. The fraction of sp³-hybridized carbons (Fsp3) is 0.400. The van der Waals surface area contributed by atoms with Crippen LogP contribution in [0.3, 0.4) is 0 Å². The molecule has 0 bridgehead atoms. The maximum absolute atomic E-state index is 8.73. The molecular formula is C10H9ClN2O2. The standard InChI is InChI=1S/C10H9ClN2O2/c11-9-3-7(5-12)4-10(13-9)15-8-1-2-14-6-8/h3-4,8H,1-2,6H2. The first-order chi connectivity index (χ1) is 7.28. The van der Waals surface area contributed by atoms with E-state index in [4.69, 9.17) is 26.3 Å². The van der Waals surface area contributed by atoms with Crippen LogP contribution >= 0.6 is 11.6 Å². The van der Waals surface area contributed by atoms with E-state index in [1.54, 1.807) is 6.07 Å². The van der Waals surface area contributed by atoms with Crippen molar-refractivity contribution in [3.63, 3.8) is 0 Å². The summed E-state index contributed by atoms with van der Waals surface area (Å²) in [6.45, 7) is 1.27. The number of hydrogen-bond acceptors (Lipinski definition) is 4. The Morgan fingerprint density at radius 1 is 1.60 bits per heavy atom. The molecule has 0 aliphatic carbocycles. The third-order valence-corrected chi connectivity index (χ3v) is 2.27. The molecule has 0 aromatic carbocycles. The SMILES string of the molecule is N#Cc1cc(Cl)nc(OC2CCOC2)c1. The molecule has 1 aromatic heterocycles. The van der Waals surface area contributed by atoms with Gasteiger partial charge in [-0.05, 0) is 6.07 Å². The lowest BCUT2D eigenvalue weighted by molar-refractivity contribution is 0.138. The summed E-state index contributed by atoms with van der Waals surface area (Å²) in [6, 6.07) is 5.07. The number of ether oxygens (including phenoxy) is 2. The van der Waals surface area contributed by atoms with Gasteiger partial charge < -0.3 is 9.47 Å². The molecule has 5 heteroatoms. The molecule has 1 aliphatic rings. The summed E-state index contributed by atoms with van der Waals surface area (Å²) in [6.07, 6.45) is 0.860. The van der Waals surface area contributed by atoms with Crippen LogP contribution < -0.4 is 4.74 Å². The topological polar surface area (TPSA) is 55.1 Å². The predicted molar refractivity (Wildman–Crippen MR) is 53.8 cm³/mol. The van der Waals surface area contributed by atoms with Crippen molar-refractivity contribution < 1.29 is 9.47 Å². The molecule has 1 aliphatic heterocycles. The molecule has 78 valence electrons. The molecule has 0 saturated carbocycles. The summed E-state index contributed by atoms with van der Waals surface area (Å²) < 4.78 is 10.7. The van der Waals surface area contributed by atoms with Crippen LogP contribution in [-0.2, 0) is 4.74 Å². The minimum absolute atomic E-state index is 0.0162. The van der Waals surface area contributed by atoms with E-state index in [1.165, 1.54) is 6.07 Å². The first-order valence-corrected chi connectivity index (χ1v) is 4.98. The maximum atomic E-state index is 8.73. The van der Waals surface area contributed by atoms with E-state index in [0.29, 0.717) is 24.7 Å². The van der Waals surface area contributed by atoms with E-state index in [-0.39, 0.29) is 11.3 Å². The smallest absolute Gasteiger partial charge is 0.216 e. The van der Waals surface area contributed by atoms with Crippen molar-refractivity contribution in [3.05, 3.63) is 22.8 Å². The Morgan fingerprint density at radius 3 is 3.13 bits per heavy atom. The van der Waals surface area contributed by atoms with Gasteiger partial charge in [0.25, 0.3) is 0 Å². The van der Waals surface area contributed by atoms with Crippen LogP contribution in [0, 0.1) is 11.3 Å². The van der Waals surface area contributed by atoms with E-state index >= 15 is 0 Å². The number of rotatable bonds is 2. The molecule has 1 fully saturated rings. The largest absolute Gasteiger partial charge is 0.472 e. The Labute approximate surface area is 92.4 Å². The second kappa shape index (κ2) is 4.47. The first-order valence-electron chi connectivity index (χ1n) is 4.60. The Balaban J connectivity index is 2.13. The number of nitrogens with zero attached hydrogens (tertiary/aromatic N) is 2. The van der Waals surface area contributed by atoms with Gasteiger partial charge in [0.05, 0.1) is 24.8 Å². The third kappa shape index (κ3) is 2.58. The Bertz CT molecular complexity index is 397. The molecule has 0 radical (unpaired) electrons. The van der Waals surface area contributed by atoms with Gasteiger partial charge in [0.1, 0.15) is 11.3 Å². The lowest BCUT2D eigenvalue weighted by Crippen LogP contribution is -2.16. The average molecular weight is 225 g/mol. The highest BCUT2D eigenvalue weighted by atomic mass is 35.5. The molecule has 15 heavy (non-hydrogen) atoms. The summed E-state index contributed by atoms with van der Waals surface area (Å²) in [5, 5.41) is 9.00. The van der Waals surface area contributed by atoms with Gasteiger partial charge in [-0.1, -0.05) is 11.6 Å².